The molecule has 0 atom stereocenters. The fourth-order valence-electron chi connectivity index (χ4n) is 4.10. The van der Waals surface area contributed by atoms with Crippen molar-refractivity contribution in [1.29, 1.82) is 0 Å². The van der Waals surface area contributed by atoms with Gasteiger partial charge in [0.05, 0.1) is 11.4 Å². The zero-order chi connectivity index (χ0) is 24.1. The van der Waals surface area contributed by atoms with E-state index in [1.807, 2.05) is 54.4 Å². The van der Waals surface area contributed by atoms with Gasteiger partial charge in [-0.05, 0) is 60.4 Å². The summed E-state index contributed by atoms with van der Waals surface area (Å²) >= 11 is 0. The van der Waals surface area contributed by atoms with E-state index in [2.05, 4.69) is 72.8 Å². The van der Waals surface area contributed by atoms with Crippen LogP contribution >= 0.6 is 0 Å². The highest BCUT2D eigenvalue weighted by Crippen LogP contribution is 2.36. The molecular weight excluding hydrogens is 420 g/mol. The van der Waals surface area contributed by atoms with Crippen molar-refractivity contribution < 1.29 is 0 Å². The molecule has 6 nitrogen and oxygen atoms in total. The zero-order valence-electron chi connectivity index (χ0n) is 20.1. The van der Waals surface area contributed by atoms with Crippen molar-refractivity contribution in [1.82, 2.24) is 10.9 Å². The molecule has 0 saturated carbocycles. The molecule has 0 aromatic heterocycles. The molecule has 0 saturated heterocycles. The van der Waals surface area contributed by atoms with Gasteiger partial charge in [-0.15, -0.1) is 0 Å². The van der Waals surface area contributed by atoms with E-state index in [0.29, 0.717) is 11.8 Å². The lowest BCUT2D eigenvalue weighted by molar-refractivity contribution is 0.762. The number of nitrogens with zero attached hydrogens (tertiary/aromatic N) is 2. The molecule has 6 heteroatoms. The highest BCUT2D eigenvalue weighted by molar-refractivity contribution is 6.11. The maximum atomic E-state index is 4.89. The van der Waals surface area contributed by atoms with E-state index in [0.717, 1.165) is 46.9 Å². The van der Waals surface area contributed by atoms with Crippen LogP contribution in [0.4, 0.5) is 22.7 Å². The van der Waals surface area contributed by atoms with Crippen LogP contribution in [0.5, 0.6) is 0 Å². The summed E-state index contributed by atoms with van der Waals surface area (Å²) in [6, 6.07) is 22.6. The first-order valence-corrected chi connectivity index (χ1v) is 11.6. The lowest BCUT2D eigenvalue weighted by atomic mass is 10.0. The van der Waals surface area contributed by atoms with Crippen molar-refractivity contribution in [3.8, 4) is 0 Å². The van der Waals surface area contributed by atoms with Crippen molar-refractivity contribution >= 4 is 34.4 Å². The summed E-state index contributed by atoms with van der Waals surface area (Å²) in [5.41, 5.74) is 14.8. The van der Waals surface area contributed by atoms with Crippen molar-refractivity contribution in [2.75, 3.05) is 22.6 Å². The van der Waals surface area contributed by atoms with Crippen LogP contribution in [0.15, 0.2) is 90.7 Å². The number of aryl methyl sites for hydroxylation is 2. The lowest BCUT2D eigenvalue weighted by Crippen LogP contribution is -2.48. The van der Waals surface area contributed by atoms with E-state index in [4.69, 9.17) is 4.99 Å². The molecule has 3 aromatic carbocycles. The van der Waals surface area contributed by atoms with Gasteiger partial charge in [0.25, 0.3) is 0 Å². The molecule has 0 spiro atoms. The van der Waals surface area contributed by atoms with Crippen molar-refractivity contribution in [2.24, 2.45) is 4.99 Å². The van der Waals surface area contributed by atoms with Gasteiger partial charge < -0.3 is 10.6 Å². The Morgan fingerprint density at radius 3 is 2.44 bits per heavy atom. The molecule has 34 heavy (non-hydrogen) atoms. The van der Waals surface area contributed by atoms with Crippen LogP contribution in [0, 0.1) is 0 Å². The van der Waals surface area contributed by atoms with Crippen LogP contribution in [-0.2, 0) is 12.8 Å². The first kappa shape index (κ1) is 23.0. The molecule has 0 fully saturated rings. The average molecular weight is 453 g/mol. The van der Waals surface area contributed by atoms with Crippen molar-refractivity contribution in [3.05, 3.63) is 102 Å². The van der Waals surface area contributed by atoms with Crippen LogP contribution < -0.4 is 26.4 Å². The van der Waals surface area contributed by atoms with E-state index >= 15 is 0 Å². The number of hydrazine groups is 1. The third-order valence-corrected chi connectivity index (χ3v) is 5.90. The van der Waals surface area contributed by atoms with Gasteiger partial charge >= 0.3 is 0 Å². The third kappa shape index (κ3) is 4.76. The molecule has 1 heterocycles. The molecular formula is C28H32N6. The molecule has 3 aromatic rings. The Bertz CT molecular complexity index is 1240. The Hall–Kier alpha value is -4.19. The van der Waals surface area contributed by atoms with Crippen LogP contribution in [-0.4, -0.2) is 13.0 Å². The molecule has 0 amide bonds. The summed E-state index contributed by atoms with van der Waals surface area (Å²) in [6.45, 7) is 12.9. The van der Waals surface area contributed by atoms with Crippen molar-refractivity contribution in [3.63, 3.8) is 0 Å². The molecule has 174 valence electrons. The van der Waals surface area contributed by atoms with E-state index in [1.165, 1.54) is 11.1 Å². The summed E-state index contributed by atoms with van der Waals surface area (Å²) in [6.07, 6.45) is 1.98. The van der Waals surface area contributed by atoms with Gasteiger partial charge in [-0.3, -0.25) is 15.8 Å². The number of benzene rings is 3. The fraction of sp³-hybridized carbons (Fsp3) is 0.179. The predicted molar refractivity (Wildman–Crippen MR) is 145 cm³/mol. The predicted octanol–water partition coefficient (Wildman–Crippen LogP) is 6.01. The van der Waals surface area contributed by atoms with E-state index in [9.17, 15) is 0 Å². The van der Waals surface area contributed by atoms with Crippen molar-refractivity contribution in [2.45, 2.75) is 26.7 Å². The number of guanidine groups is 1. The minimum absolute atomic E-state index is 0.593. The second kappa shape index (κ2) is 10.2. The minimum Gasteiger partial charge on any atom is -0.388 e. The molecule has 4 rings (SSSR count). The number of rotatable bonds is 8. The molecule has 4 N–H and O–H groups in total. The van der Waals surface area contributed by atoms with E-state index in [1.54, 1.807) is 0 Å². The summed E-state index contributed by atoms with van der Waals surface area (Å²) in [4.78, 5) is 6.93. The number of para-hydroxylation sites is 1. The van der Waals surface area contributed by atoms with E-state index < -0.39 is 0 Å². The Morgan fingerprint density at radius 2 is 1.68 bits per heavy atom. The number of hydrogen-bond donors (Lipinski definition) is 4. The summed E-state index contributed by atoms with van der Waals surface area (Å²) in [7, 11) is 1.89. The highest BCUT2D eigenvalue weighted by atomic mass is 15.5. The standard InChI is InChI=1S/C28H32N6/c1-6-21-15-16-25(17-22(21)7-2)34-19(3)26-13-8-9-14-27(26)31-28(34)33-32-20(4)30-24-12-10-11-23(18-24)29-5/h8-18,29-30,32H,3-4,6-7H2,1-2,5H3,(H,31,33). The average Bonchev–Trinajstić information content (AvgIpc) is 2.87. The largest absolute Gasteiger partial charge is 0.388 e. The number of aliphatic imine (C=N–C) groups is 1. The third-order valence-electron chi connectivity index (χ3n) is 5.90. The number of hydrogen-bond acceptors (Lipinski definition) is 6. The Morgan fingerprint density at radius 1 is 0.912 bits per heavy atom. The molecule has 1 aliphatic rings. The number of nitrogens with one attached hydrogen (secondary N) is 4. The van der Waals surface area contributed by atoms with Crippen LogP contribution in [0.2, 0.25) is 0 Å². The van der Waals surface area contributed by atoms with E-state index in [-0.39, 0.29) is 0 Å². The maximum Gasteiger partial charge on any atom is 0.227 e. The van der Waals surface area contributed by atoms with Gasteiger partial charge in [-0.2, -0.15) is 0 Å². The van der Waals surface area contributed by atoms with Crippen LogP contribution in [0.3, 0.4) is 0 Å². The molecule has 0 radical (unpaired) electrons. The molecule has 0 bridgehead atoms. The van der Waals surface area contributed by atoms with Crippen LogP contribution in [0.25, 0.3) is 5.70 Å². The van der Waals surface area contributed by atoms with Gasteiger partial charge in [0.1, 0.15) is 5.82 Å². The van der Waals surface area contributed by atoms with Gasteiger partial charge in [0.2, 0.25) is 5.96 Å². The Labute approximate surface area is 202 Å². The zero-order valence-corrected chi connectivity index (χ0v) is 20.1. The topological polar surface area (TPSA) is 63.7 Å². The van der Waals surface area contributed by atoms with Gasteiger partial charge in [0.15, 0.2) is 0 Å². The molecule has 0 unspecified atom stereocenters. The highest BCUT2D eigenvalue weighted by Gasteiger charge is 2.25. The smallest absolute Gasteiger partial charge is 0.227 e. The minimum atomic E-state index is 0.593. The Balaban J connectivity index is 1.60. The normalized spacial score (nSPS) is 12.5. The SMILES string of the molecule is C=C(NNC1=Nc2ccccc2C(=C)N1c1ccc(CC)c(CC)c1)Nc1cccc(NC)c1. The number of fused-ring (bicyclic) bond motifs is 1. The second-order valence-electron chi connectivity index (χ2n) is 8.08. The Kier molecular flexibility index (Phi) is 6.87. The summed E-state index contributed by atoms with van der Waals surface area (Å²) in [5, 5.41) is 6.41. The maximum absolute atomic E-state index is 4.89. The lowest BCUT2D eigenvalue weighted by Gasteiger charge is -2.33. The van der Waals surface area contributed by atoms with Gasteiger partial charge in [-0.25, -0.2) is 4.99 Å². The first-order valence-electron chi connectivity index (χ1n) is 11.6. The first-order chi connectivity index (χ1) is 16.5. The van der Waals surface area contributed by atoms with Crippen LogP contribution in [0.1, 0.15) is 30.5 Å². The molecule has 1 aliphatic heterocycles. The fourth-order valence-corrected chi connectivity index (χ4v) is 4.10. The van der Waals surface area contributed by atoms with Gasteiger partial charge in [0, 0.05) is 29.7 Å². The monoisotopic (exact) mass is 452 g/mol. The number of anilines is 3. The summed E-state index contributed by atoms with van der Waals surface area (Å²) in [5.74, 6) is 1.22. The van der Waals surface area contributed by atoms with Gasteiger partial charge in [-0.1, -0.05) is 57.3 Å². The quantitative estimate of drug-likeness (QED) is 0.315. The second-order valence-corrected chi connectivity index (χ2v) is 8.08. The summed E-state index contributed by atoms with van der Waals surface area (Å²) < 4.78 is 0. The molecule has 0 aliphatic carbocycles.